The number of rotatable bonds is 1. The van der Waals surface area contributed by atoms with Crippen molar-refractivity contribution in [2.24, 2.45) is 0 Å². The van der Waals surface area contributed by atoms with Crippen LogP contribution in [0.5, 0.6) is 0 Å². The average molecular weight is 174 g/mol. The highest BCUT2D eigenvalue weighted by molar-refractivity contribution is 7.16. The van der Waals surface area contributed by atoms with E-state index in [9.17, 15) is 10.2 Å². The Balaban J connectivity index is 2.49. The number of hydrogen-bond acceptors (Lipinski definition) is 2. The SMILES string of the molecule is OC1CC(=CCP)C[C@@H](O)C1. The van der Waals surface area contributed by atoms with Crippen molar-refractivity contribution in [1.29, 1.82) is 0 Å². The van der Waals surface area contributed by atoms with Crippen molar-refractivity contribution in [3.8, 4) is 0 Å². The third-order valence-electron chi connectivity index (χ3n) is 1.95. The molecule has 0 aromatic rings. The molecule has 0 radical (unpaired) electrons. The van der Waals surface area contributed by atoms with Crippen LogP contribution in [0.15, 0.2) is 11.6 Å². The van der Waals surface area contributed by atoms with Gasteiger partial charge >= 0.3 is 0 Å². The van der Waals surface area contributed by atoms with E-state index in [4.69, 9.17) is 0 Å². The minimum Gasteiger partial charge on any atom is -0.393 e. The average Bonchev–Trinajstić information content (AvgIpc) is 1.85. The second kappa shape index (κ2) is 4.20. The Kier molecular flexibility index (Phi) is 3.50. The summed E-state index contributed by atoms with van der Waals surface area (Å²) in [6.45, 7) is 0. The van der Waals surface area contributed by atoms with Crippen molar-refractivity contribution in [1.82, 2.24) is 0 Å². The van der Waals surface area contributed by atoms with Gasteiger partial charge in [-0.1, -0.05) is 11.6 Å². The second-order valence-corrected chi connectivity index (χ2v) is 3.52. The number of allylic oxidation sites excluding steroid dienone is 1. The van der Waals surface area contributed by atoms with Crippen LogP contribution >= 0.6 is 9.24 Å². The molecule has 1 aliphatic carbocycles. The highest BCUT2D eigenvalue weighted by Crippen LogP contribution is 2.23. The molecule has 0 aliphatic heterocycles. The summed E-state index contributed by atoms with van der Waals surface area (Å²) >= 11 is 0. The molecule has 1 fully saturated rings. The van der Waals surface area contributed by atoms with E-state index in [0.29, 0.717) is 6.42 Å². The van der Waals surface area contributed by atoms with Gasteiger partial charge in [-0.2, -0.15) is 0 Å². The predicted molar refractivity (Wildman–Crippen MR) is 48.5 cm³/mol. The van der Waals surface area contributed by atoms with E-state index in [1.165, 1.54) is 5.57 Å². The third kappa shape index (κ3) is 2.90. The molecule has 0 bridgehead atoms. The van der Waals surface area contributed by atoms with Crippen LogP contribution in [0.3, 0.4) is 0 Å². The quantitative estimate of drug-likeness (QED) is 0.453. The van der Waals surface area contributed by atoms with Gasteiger partial charge in [0.25, 0.3) is 0 Å². The Morgan fingerprint density at radius 2 is 1.91 bits per heavy atom. The minimum atomic E-state index is -0.332. The van der Waals surface area contributed by atoms with Crippen LogP contribution in [0.2, 0.25) is 0 Å². The Morgan fingerprint density at radius 1 is 1.36 bits per heavy atom. The molecule has 11 heavy (non-hydrogen) atoms. The molecule has 64 valence electrons. The maximum absolute atomic E-state index is 9.27. The molecule has 3 atom stereocenters. The first-order valence-corrected chi connectivity index (χ1v) is 4.78. The van der Waals surface area contributed by atoms with Gasteiger partial charge in [0.15, 0.2) is 0 Å². The standard InChI is InChI=1S/C8H15O2P/c9-7-3-6(1-2-11)4-8(10)5-7/h1,7-10H,2-5,11H2/t7-,8?/m1/s1. The van der Waals surface area contributed by atoms with Crippen molar-refractivity contribution in [2.75, 3.05) is 6.16 Å². The van der Waals surface area contributed by atoms with Gasteiger partial charge in [0.2, 0.25) is 0 Å². The van der Waals surface area contributed by atoms with Crippen LogP contribution in [0.4, 0.5) is 0 Å². The molecule has 2 N–H and O–H groups in total. The fraction of sp³-hybridized carbons (Fsp3) is 0.750. The molecule has 0 aromatic heterocycles. The van der Waals surface area contributed by atoms with Gasteiger partial charge in [0.1, 0.15) is 0 Å². The lowest BCUT2D eigenvalue weighted by Crippen LogP contribution is -2.24. The first kappa shape index (κ1) is 9.18. The van der Waals surface area contributed by atoms with E-state index < -0.39 is 0 Å². The summed E-state index contributed by atoms with van der Waals surface area (Å²) in [5, 5.41) is 18.5. The van der Waals surface area contributed by atoms with E-state index in [-0.39, 0.29) is 12.2 Å². The molecule has 2 nitrogen and oxygen atoms in total. The lowest BCUT2D eigenvalue weighted by atomic mass is 9.90. The summed E-state index contributed by atoms with van der Waals surface area (Å²) in [5.41, 5.74) is 1.19. The van der Waals surface area contributed by atoms with Crippen LogP contribution in [-0.2, 0) is 0 Å². The summed E-state index contributed by atoms with van der Waals surface area (Å²) in [6, 6.07) is 0. The Bertz CT molecular complexity index is 144. The summed E-state index contributed by atoms with van der Waals surface area (Å²) < 4.78 is 0. The summed E-state index contributed by atoms with van der Waals surface area (Å²) in [5.74, 6) is 0. The number of aliphatic hydroxyl groups is 2. The summed E-state index contributed by atoms with van der Waals surface area (Å²) in [4.78, 5) is 0. The zero-order chi connectivity index (χ0) is 8.27. The van der Waals surface area contributed by atoms with E-state index in [0.717, 1.165) is 19.0 Å². The number of aliphatic hydroxyl groups excluding tert-OH is 2. The molecule has 1 rings (SSSR count). The van der Waals surface area contributed by atoms with Gasteiger partial charge in [-0.3, -0.25) is 0 Å². The fourth-order valence-electron chi connectivity index (χ4n) is 1.50. The summed E-state index contributed by atoms with van der Waals surface area (Å²) in [6.07, 6.45) is 4.33. The third-order valence-corrected chi connectivity index (χ3v) is 2.18. The van der Waals surface area contributed by atoms with Crippen molar-refractivity contribution in [3.63, 3.8) is 0 Å². The van der Waals surface area contributed by atoms with E-state index in [2.05, 4.69) is 15.3 Å². The Hall–Kier alpha value is 0.0900. The van der Waals surface area contributed by atoms with Crippen LogP contribution in [0.25, 0.3) is 0 Å². The zero-order valence-corrected chi connectivity index (χ0v) is 7.69. The highest BCUT2D eigenvalue weighted by atomic mass is 31.0. The minimum absolute atomic E-state index is 0.332. The largest absolute Gasteiger partial charge is 0.393 e. The topological polar surface area (TPSA) is 40.5 Å². The van der Waals surface area contributed by atoms with Crippen LogP contribution in [0.1, 0.15) is 19.3 Å². The molecule has 0 spiro atoms. The van der Waals surface area contributed by atoms with Gasteiger partial charge < -0.3 is 10.2 Å². The van der Waals surface area contributed by atoms with Gasteiger partial charge in [0, 0.05) is 0 Å². The lowest BCUT2D eigenvalue weighted by Gasteiger charge is -2.24. The molecular formula is C8H15O2P. The summed E-state index contributed by atoms with van der Waals surface area (Å²) in [7, 11) is 2.61. The zero-order valence-electron chi connectivity index (χ0n) is 6.53. The fourth-order valence-corrected chi connectivity index (χ4v) is 1.84. The van der Waals surface area contributed by atoms with E-state index in [1.54, 1.807) is 0 Å². The molecule has 0 amide bonds. The smallest absolute Gasteiger partial charge is 0.0602 e. The van der Waals surface area contributed by atoms with Crippen LogP contribution < -0.4 is 0 Å². The van der Waals surface area contributed by atoms with Crippen molar-refractivity contribution in [2.45, 2.75) is 31.5 Å². The molecule has 0 saturated heterocycles. The van der Waals surface area contributed by atoms with Crippen LogP contribution in [-0.4, -0.2) is 28.6 Å². The normalized spacial score (nSPS) is 36.1. The van der Waals surface area contributed by atoms with E-state index >= 15 is 0 Å². The molecule has 1 aliphatic rings. The predicted octanol–water partition coefficient (Wildman–Crippen LogP) is 0.694. The van der Waals surface area contributed by atoms with Gasteiger partial charge in [0.05, 0.1) is 12.2 Å². The van der Waals surface area contributed by atoms with E-state index in [1.807, 2.05) is 0 Å². The lowest BCUT2D eigenvalue weighted by molar-refractivity contribution is 0.0609. The maximum Gasteiger partial charge on any atom is 0.0602 e. The molecule has 2 unspecified atom stereocenters. The second-order valence-electron chi connectivity index (χ2n) is 3.05. The molecule has 0 aromatic carbocycles. The highest BCUT2D eigenvalue weighted by Gasteiger charge is 2.20. The first-order valence-electron chi connectivity index (χ1n) is 3.96. The monoisotopic (exact) mass is 174 g/mol. The first-order chi connectivity index (χ1) is 5.22. The van der Waals surface area contributed by atoms with Gasteiger partial charge in [-0.15, -0.1) is 9.24 Å². The van der Waals surface area contributed by atoms with Crippen molar-refractivity contribution < 1.29 is 10.2 Å². The molecule has 1 saturated carbocycles. The number of hydrogen-bond donors (Lipinski definition) is 2. The van der Waals surface area contributed by atoms with Crippen molar-refractivity contribution >= 4 is 9.24 Å². The Morgan fingerprint density at radius 3 is 2.36 bits per heavy atom. The Labute approximate surface area is 69.5 Å². The van der Waals surface area contributed by atoms with Crippen molar-refractivity contribution in [3.05, 3.63) is 11.6 Å². The van der Waals surface area contributed by atoms with Gasteiger partial charge in [-0.05, 0) is 25.4 Å². The molecule has 0 heterocycles. The molecular weight excluding hydrogens is 159 g/mol. The van der Waals surface area contributed by atoms with Crippen LogP contribution in [0, 0.1) is 0 Å². The maximum atomic E-state index is 9.27. The molecule has 3 heteroatoms. The van der Waals surface area contributed by atoms with Gasteiger partial charge in [-0.25, -0.2) is 0 Å².